The first-order valence-electron chi connectivity index (χ1n) is 7.31. The second kappa shape index (κ2) is 6.95. The third-order valence-corrected chi connectivity index (χ3v) is 3.96. The molecule has 0 amide bonds. The topological polar surface area (TPSA) is 33.7 Å². The molecule has 1 aromatic carbocycles. The van der Waals surface area contributed by atoms with E-state index in [1.54, 1.807) is 14.2 Å². The second-order valence-corrected chi connectivity index (χ2v) is 5.68. The maximum absolute atomic E-state index is 5.30. The van der Waals surface area contributed by atoms with E-state index < -0.39 is 0 Å². The molecule has 20 heavy (non-hydrogen) atoms. The van der Waals surface area contributed by atoms with Crippen molar-refractivity contribution in [1.29, 1.82) is 0 Å². The lowest BCUT2D eigenvalue weighted by Gasteiger charge is -2.20. The van der Waals surface area contributed by atoms with Gasteiger partial charge in [-0.3, -0.25) is 4.90 Å². The largest absolute Gasteiger partial charge is 0.497 e. The molecule has 0 bridgehead atoms. The Bertz CT molecular complexity index is 412. The number of hydrogen-bond acceptors (Lipinski definition) is 4. The summed E-state index contributed by atoms with van der Waals surface area (Å²) in [6.45, 7) is 7.70. The number of nitrogens with zero attached hydrogens (tertiary/aromatic N) is 1. The van der Waals surface area contributed by atoms with Gasteiger partial charge < -0.3 is 14.8 Å². The predicted octanol–water partition coefficient (Wildman–Crippen LogP) is 2.28. The van der Waals surface area contributed by atoms with Crippen molar-refractivity contribution >= 4 is 0 Å². The molecule has 0 radical (unpaired) electrons. The molecule has 1 saturated heterocycles. The summed E-state index contributed by atoms with van der Waals surface area (Å²) in [5.74, 6) is 1.69. The smallest absolute Gasteiger partial charge is 0.122 e. The van der Waals surface area contributed by atoms with Crippen molar-refractivity contribution in [3.8, 4) is 11.5 Å². The summed E-state index contributed by atoms with van der Waals surface area (Å²) >= 11 is 0. The van der Waals surface area contributed by atoms with Gasteiger partial charge in [-0.15, -0.1) is 0 Å². The fourth-order valence-electron chi connectivity index (χ4n) is 2.65. The second-order valence-electron chi connectivity index (χ2n) is 5.68. The zero-order valence-electron chi connectivity index (χ0n) is 13.0. The van der Waals surface area contributed by atoms with E-state index >= 15 is 0 Å². The minimum absolute atomic E-state index is 0.578. The zero-order valence-corrected chi connectivity index (χ0v) is 13.0. The van der Waals surface area contributed by atoms with Crippen LogP contribution in [0.5, 0.6) is 11.5 Å². The van der Waals surface area contributed by atoms with Crippen LogP contribution in [0.1, 0.15) is 25.8 Å². The SMILES string of the molecule is COc1cc(CN[C@H]2CCN(C(C)C)C2)cc(OC)c1. The Labute approximate surface area is 122 Å². The maximum atomic E-state index is 5.30. The molecule has 1 fully saturated rings. The standard InChI is InChI=1S/C16H26N2O2/c1-12(2)18-6-5-14(11-18)17-10-13-7-15(19-3)9-16(8-13)20-4/h7-9,12,14,17H,5-6,10-11H2,1-4H3/t14-/m0/s1. The molecule has 1 aliphatic heterocycles. The van der Waals surface area contributed by atoms with Crippen LogP contribution in [-0.2, 0) is 6.54 Å². The van der Waals surface area contributed by atoms with Gasteiger partial charge in [-0.25, -0.2) is 0 Å². The average Bonchev–Trinajstić information content (AvgIpc) is 2.93. The van der Waals surface area contributed by atoms with Crippen molar-refractivity contribution in [1.82, 2.24) is 10.2 Å². The van der Waals surface area contributed by atoms with Gasteiger partial charge in [0.2, 0.25) is 0 Å². The van der Waals surface area contributed by atoms with Crippen LogP contribution in [0.2, 0.25) is 0 Å². The van der Waals surface area contributed by atoms with Crippen LogP contribution < -0.4 is 14.8 Å². The Kier molecular flexibility index (Phi) is 5.26. The molecule has 1 aromatic rings. The van der Waals surface area contributed by atoms with Crippen LogP contribution in [0.4, 0.5) is 0 Å². The van der Waals surface area contributed by atoms with Gasteiger partial charge in [0, 0.05) is 31.2 Å². The summed E-state index contributed by atoms with van der Waals surface area (Å²) in [6, 6.07) is 7.24. The molecule has 0 aromatic heterocycles. The fourth-order valence-corrected chi connectivity index (χ4v) is 2.65. The number of rotatable bonds is 6. The maximum Gasteiger partial charge on any atom is 0.122 e. The Balaban J connectivity index is 1.91. The average molecular weight is 278 g/mol. The molecule has 4 heteroatoms. The lowest BCUT2D eigenvalue weighted by molar-refractivity contribution is 0.268. The number of benzene rings is 1. The zero-order chi connectivity index (χ0) is 14.5. The minimum atomic E-state index is 0.578. The summed E-state index contributed by atoms with van der Waals surface area (Å²) in [7, 11) is 3.37. The highest BCUT2D eigenvalue weighted by atomic mass is 16.5. The highest BCUT2D eigenvalue weighted by molar-refractivity contribution is 5.38. The molecule has 1 atom stereocenters. The van der Waals surface area contributed by atoms with E-state index in [0.29, 0.717) is 12.1 Å². The number of nitrogens with one attached hydrogen (secondary N) is 1. The molecular weight excluding hydrogens is 252 g/mol. The van der Waals surface area contributed by atoms with Gasteiger partial charge >= 0.3 is 0 Å². The number of likely N-dealkylation sites (tertiary alicyclic amines) is 1. The molecular formula is C16H26N2O2. The van der Waals surface area contributed by atoms with Crippen molar-refractivity contribution in [2.75, 3.05) is 27.3 Å². The van der Waals surface area contributed by atoms with Gasteiger partial charge in [0.25, 0.3) is 0 Å². The Morgan fingerprint density at radius 1 is 1.20 bits per heavy atom. The van der Waals surface area contributed by atoms with E-state index in [4.69, 9.17) is 9.47 Å². The quantitative estimate of drug-likeness (QED) is 0.865. The Morgan fingerprint density at radius 3 is 2.35 bits per heavy atom. The third kappa shape index (κ3) is 3.87. The van der Waals surface area contributed by atoms with Crippen molar-refractivity contribution in [2.24, 2.45) is 0 Å². The molecule has 0 spiro atoms. The number of hydrogen-bond donors (Lipinski definition) is 1. The van der Waals surface area contributed by atoms with Crippen LogP contribution >= 0.6 is 0 Å². The molecule has 0 saturated carbocycles. The van der Waals surface area contributed by atoms with E-state index in [1.807, 2.05) is 6.07 Å². The molecule has 4 nitrogen and oxygen atoms in total. The molecule has 112 valence electrons. The Hall–Kier alpha value is -1.26. The minimum Gasteiger partial charge on any atom is -0.497 e. The molecule has 0 unspecified atom stereocenters. The van der Waals surface area contributed by atoms with E-state index in [9.17, 15) is 0 Å². The summed E-state index contributed by atoms with van der Waals surface area (Å²) in [4.78, 5) is 2.52. The van der Waals surface area contributed by atoms with Crippen LogP contribution in [0, 0.1) is 0 Å². The lowest BCUT2D eigenvalue weighted by Crippen LogP contribution is -2.34. The Morgan fingerprint density at radius 2 is 1.85 bits per heavy atom. The summed E-state index contributed by atoms with van der Waals surface area (Å²) < 4.78 is 10.6. The van der Waals surface area contributed by atoms with E-state index in [1.165, 1.54) is 18.5 Å². The van der Waals surface area contributed by atoms with Crippen LogP contribution in [0.3, 0.4) is 0 Å². The number of methoxy groups -OCH3 is 2. The van der Waals surface area contributed by atoms with Gasteiger partial charge in [-0.2, -0.15) is 0 Å². The highest BCUT2D eigenvalue weighted by Crippen LogP contribution is 2.22. The van der Waals surface area contributed by atoms with Crippen molar-refractivity contribution in [3.05, 3.63) is 23.8 Å². The summed E-state index contributed by atoms with van der Waals surface area (Å²) in [5.41, 5.74) is 1.20. The van der Waals surface area contributed by atoms with Crippen LogP contribution in [0.25, 0.3) is 0 Å². The molecule has 1 heterocycles. The fraction of sp³-hybridized carbons (Fsp3) is 0.625. The van der Waals surface area contributed by atoms with Gasteiger partial charge in [0.05, 0.1) is 14.2 Å². The lowest BCUT2D eigenvalue weighted by atomic mass is 10.1. The van der Waals surface area contributed by atoms with Crippen molar-refractivity contribution in [2.45, 2.75) is 38.9 Å². The van der Waals surface area contributed by atoms with Gasteiger partial charge in [-0.05, 0) is 44.5 Å². The third-order valence-electron chi connectivity index (χ3n) is 3.96. The van der Waals surface area contributed by atoms with Crippen molar-refractivity contribution < 1.29 is 9.47 Å². The summed E-state index contributed by atoms with van der Waals surface area (Å²) in [5, 5.41) is 3.63. The molecule has 2 rings (SSSR count). The monoisotopic (exact) mass is 278 g/mol. The molecule has 1 N–H and O–H groups in total. The van der Waals surface area contributed by atoms with Gasteiger partial charge in [-0.1, -0.05) is 0 Å². The number of ether oxygens (including phenoxy) is 2. The first-order chi connectivity index (χ1) is 9.62. The van der Waals surface area contributed by atoms with E-state index in [0.717, 1.165) is 24.6 Å². The van der Waals surface area contributed by atoms with Crippen molar-refractivity contribution in [3.63, 3.8) is 0 Å². The van der Waals surface area contributed by atoms with Gasteiger partial charge in [0.15, 0.2) is 0 Å². The summed E-state index contributed by atoms with van der Waals surface area (Å²) in [6.07, 6.45) is 1.22. The molecule has 0 aliphatic carbocycles. The normalized spacial score (nSPS) is 19.6. The van der Waals surface area contributed by atoms with E-state index in [2.05, 4.69) is 36.2 Å². The van der Waals surface area contributed by atoms with E-state index in [-0.39, 0.29) is 0 Å². The van der Waals surface area contributed by atoms with Gasteiger partial charge in [0.1, 0.15) is 11.5 Å². The first-order valence-corrected chi connectivity index (χ1v) is 7.31. The molecule has 1 aliphatic rings. The highest BCUT2D eigenvalue weighted by Gasteiger charge is 2.23. The first kappa shape index (κ1) is 15.1. The van der Waals surface area contributed by atoms with Crippen LogP contribution in [-0.4, -0.2) is 44.3 Å². The predicted molar refractivity (Wildman–Crippen MR) is 81.5 cm³/mol. The van der Waals surface area contributed by atoms with Crippen LogP contribution in [0.15, 0.2) is 18.2 Å².